The molecule has 0 fully saturated rings. The molecule has 0 spiro atoms. The second-order valence-corrected chi connectivity index (χ2v) is 6.18. The molecule has 0 aliphatic heterocycles. The number of hydrogen-bond donors (Lipinski definition) is 1. The summed E-state index contributed by atoms with van der Waals surface area (Å²) in [6, 6.07) is 6.77. The van der Waals surface area contributed by atoms with Gasteiger partial charge in [0.15, 0.2) is 0 Å². The Morgan fingerprint density at radius 2 is 1.94 bits per heavy atom. The van der Waals surface area contributed by atoms with Crippen molar-refractivity contribution in [3.63, 3.8) is 0 Å². The van der Waals surface area contributed by atoms with Crippen LogP contribution in [0.3, 0.4) is 0 Å². The van der Waals surface area contributed by atoms with Gasteiger partial charge in [0.2, 0.25) is 0 Å². The summed E-state index contributed by atoms with van der Waals surface area (Å²) in [5.41, 5.74) is 2.69. The van der Waals surface area contributed by atoms with Gasteiger partial charge in [0.05, 0.1) is 0 Å². The minimum absolute atomic E-state index is 0.240. The van der Waals surface area contributed by atoms with Gasteiger partial charge in [-0.05, 0) is 42.5 Å². The highest BCUT2D eigenvalue weighted by Crippen LogP contribution is 2.26. The largest absolute Gasteiger partial charge is 0.313 e. The molecule has 2 heteroatoms. The lowest BCUT2D eigenvalue weighted by Crippen LogP contribution is -2.41. The molecule has 0 aliphatic carbocycles. The number of rotatable bonds is 4. The first-order chi connectivity index (χ1) is 7.84. The molecule has 1 nitrogen and oxygen atoms in total. The lowest BCUT2D eigenvalue weighted by atomic mass is 9.83. The van der Waals surface area contributed by atoms with Crippen molar-refractivity contribution >= 4 is 11.6 Å². The Morgan fingerprint density at radius 1 is 1.29 bits per heavy atom. The van der Waals surface area contributed by atoms with Crippen LogP contribution in [-0.2, 0) is 6.42 Å². The lowest BCUT2D eigenvalue weighted by molar-refractivity contribution is 0.270. The number of aryl methyl sites for hydroxylation is 1. The molecule has 1 atom stereocenters. The second kappa shape index (κ2) is 5.88. The SMILES string of the molecule is CCNC(Cc1ccc(C)cc1Cl)C(C)(C)C. The maximum atomic E-state index is 6.30. The van der Waals surface area contributed by atoms with Crippen LogP contribution in [0.2, 0.25) is 5.02 Å². The Balaban J connectivity index is 2.86. The molecule has 1 unspecified atom stereocenters. The first-order valence-electron chi connectivity index (χ1n) is 6.33. The van der Waals surface area contributed by atoms with Crippen molar-refractivity contribution in [2.24, 2.45) is 5.41 Å². The van der Waals surface area contributed by atoms with Crippen LogP contribution in [0, 0.1) is 12.3 Å². The summed E-state index contributed by atoms with van der Waals surface area (Å²) in [6.45, 7) is 12.0. The van der Waals surface area contributed by atoms with E-state index in [2.05, 4.69) is 52.1 Å². The standard InChI is InChI=1S/C15H24ClN/c1-6-17-14(15(3,4)5)10-12-8-7-11(2)9-13(12)16/h7-9,14,17H,6,10H2,1-5H3. The molecule has 0 bridgehead atoms. The third-order valence-corrected chi connectivity index (χ3v) is 3.48. The number of halogens is 1. The number of likely N-dealkylation sites (N-methyl/N-ethyl adjacent to an activating group) is 1. The van der Waals surface area contributed by atoms with Gasteiger partial charge in [0.25, 0.3) is 0 Å². The highest BCUT2D eigenvalue weighted by atomic mass is 35.5. The normalized spacial score (nSPS) is 13.8. The van der Waals surface area contributed by atoms with E-state index in [0.717, 1.165) is 18.0 Å². The van der Waals surface area contributed by atoms with E-state index in [9.17, 15) is 0 Å². The van der Waals surface area contributed by atoms with E-state index in [1.54, 1.807) is 0 Å². The Morgan fingerprint density at radius 3 is 2.41 bits per heavy atom. The first-order valence-corrected chi connectivity index (χ1v) is 6.70. The van der Waals surface area contributed by atoms with E-state index < -0.39 is 0 Å². The van der Waals surface area contributed by atoms with Crippen LogP contribution >= 0.6 is 11.6 Å². The van der Waals surface area contributed by atoms with Gasteiger partial charge >= 0.3 is 0 Å². The number of hydrogen-bond acceptors (Lipinski definition) is 1. The van der Waals surface area contributed by atoms with Crippen molar-refractivity contribution in [3.05, 3.63) is 34.3 Å². The Hall–Kier alpha value is -0.530. The number of benzene rings is 1. The quantitative estimate of drug-likeness (QED) is 0.848. The van der Waals surface area contributed by atoms with E-state index in [-0.39, 0.29) is 5.41 Å². The van der Waals surface area contributed by atoms with Crippen LogP contribution < -0.4 is 5.32 Å². The van der Waals surface area contributed by atoms with Gasteiger partial charge in [-0.2, -0.15) is 0 Å². The minimum atomic E-state index is 0.240. The van der Waals surface area contributed by atoms with Crippen LogP contribution in [0.25, 0.3) is 0 Å². The van der Waals surface area contributed by atoms with Gasteiger partial charge in [0, 0.05) is 11.1 Å². The van der Waals surface area contributed by atoms with Gasteiger partial charge in [-0.15, -0.1) is 0 Å². The average molecular weight is 254 g/mol. The molecule has 1 aromatic carbocycles. The fraction of sp³-hybridized carbons (Fsp3) is 0.600. The van der Waals surface area contributed by atoms with Crippen molar-refractivity contribution in [3.8, 4) is 0 Å². The molecule has 0 aromatic heterocycles. The maximum Gasteiger partial charge on any atom is 0.0441 e. The molecule has 0 heterocycles. The highest BCUT2D eigenvalue weighted by molar-refractivity contribution is 6.31. The predicted molar refractivity (Wildman–Crippen MR) is 76.8 cm³/mol. The highest BCUT2D eigenvalue weighted by Gasteiger charge is 2.24. The summed E-state index contributed by atoms with van der Waals surface area (Å²) in [5, 5.41) is 4.44. The molecule has 0 saturated carbocycles. The fourth-order valence-electron chi connectivity index (χ4n) is 1.97. The Bertz CT molecular complexity index is 366. The first kappa shape index (κ1) is 14.5. The summed E-state index contributed by atoms with van der Waals surface area (Å²) in [4.78, 5) is 0. The molecular weight excluding hydrogens is 230 g/mol. The topological polar surface area (TPSA) is 12.0 Å². The summed E-state index contributed by atoms with van der Waals surface area (Å²) in [6.07, 6.45) is 0.983. The van der Waals surface area contributed by atoms with E-state index in [1.807, 2.05) is 6.07 Å². The van der Waals surface area contributed by atoms with E-state index >= 15 is 0 Å². The summed E-state index contributed by atoms with van der Waals surface area (Å²) >= 11 is 6.30. The third-order valence-electron chi connectivity index (χ3n) is 3.13. The van der Waals surface area contributed by atoms with Crippen molar-refractivity contribution in [2.45, 2.75) is 47.1 Å². The lowest BCUT2D eigenvalue weighted by Gasteiger charge is -2.32. The third kappa shape index (κ3) is 4.33. The second-order valence-electron chi connectivity index (χ2n) is 5.78. The van der Waals surface area contributed by atoms with Gasteiger partial charge in [0.1, 0.15) is 0 Å². The van der Waals surface area contributed by atoms with Crippen molar-refractivity contribution < 1.29 is 0 Å². The van der Waals surface area contributed by atoms with E-state index in [4.69, 9.17) is 11.6 Å². The zero-order chi connectivity index (χ0) is 13.1. The molecular formula is C15H24ClN. The van der Waals surface area contributed by atoms with Crippen LogP contribution in [-0.4, -0.2) is 12.6 Å². The molecule has 96 valence electrons. The zero-order valence-electron chi connectivity index (χ0n) is 11.6. The predicted octanol–water partition coefficient (Wildman–Crippen LogP) is 4.22. The summed E-state index contributed by atoms with van der Waals surface area (Å²) < 4.78 is 0. The molecule has 0 radical (unpaired) electrons. The van der Waals surface area contributed by atoms with Crippen molar-refractivity contribution in [1.29, 1.82) is 0 Å². The number of nitrogens with one attached hydrogen (secondary N) is 1. The molecule has 17 heavy (non-hydrogen) atoms. The Labute approximate surface area is 111 Å². The van der Waals surface area contributed by atoms with E-state index in [1.165, 1.54) is 11.1 Å². The molecule has 0 aliphatic rings. The molecule has 1 aromatic rings. The molecule has 1 N–H and O–H groups in total. The van der Waals surface area contributed by atoms with Gasteiger partial charge in [-0.3, -0.25) is 0 Å². The monoisotopic (exact) mass is 253 g/mol. The van der Waals surface area contributed by atoms with Crippen LogP contribution in [0.15, 0.2) is 18.2 Å². The fourth-order valence-corrected chi connectivity index (χ4v) is 2.28. The van der Waals surface area contributed by atoms with Crippen molar-refractivity contribution in [1.82, 2.24) is 5.32 Å². The van der Waals surface area contributed by atoms with Gasteiger partial charge in [-0.25, -0.2) is 0 Å². The average Bonchev–Trinajstić information content (AvgIpc) is 2.19. The zero-order valence-corrected chi connectivity index (χ0v) is 12.4. The smallest absolute Gasteiger partial charge is 0.0441 e. The van der Waals surface area contributed by atoms with Gasteiger partial charge in [-0.1, -0.05) is 51.4 Å². The maximum absolute atomic E-state index is 6.30. The molecule has 0 amide bonds. The molecule has 0 saturated heterocycles. The van der Waals surface area contributed by atoms with Crippen molar-refractivity contribution in [2.75, 3.05) is 6.54 Å². The summed E-state index contributed by atoms with van der Waals surface area (Å²) in [5.74, 6) is 0. The van der Waals surface area contributed by atoms with Crippen LogP contribution in [0.1, 0.15) is 38.8 Å². The van der Waals surface area contributed by atoms with Crippen LogP contribution in [0.4, 0.5) is 0 Å². The molecule has 1 rings (SSSR count). The Kier molecular flexibility index (Phi) is 5.03. The minimum Gasteiger partial charge on any atom is -0.313 e. The van der Waals surface area contributed by atoms with E-state index in [0.29, 0.717) is 6.04 Å². The van der Waals surface area contributed by atoms with Gasteiger partial charge < -0.3 is 5.32 Å². The van der Waals surface area contributed by atoms with Crippen LogP contribution in [0.5, 0.6) is 0 Å². The summed E-state index contributed by atoms with van der Waals surface area (Å²) in [7, 11) is 0.